The van der Waals surface area contributed by atoms with Gasteiger partial charge in [0.2, 0.25) is 11.7 Å². The number of esters is 1. The summed E-state index contributed by atoms with van der Waals surface area (Å²) in [7, 11) is 3.44. The number of amides is 1. The Balaban J connectivity index is 1.28. The minimum atomic E-state index is -1.97. The smallest absolute Gasteiger partial charge is 0.315 e. The number of phenols is 1. The van der Waals surface area contributed by atoms with E-state index in [-0.39, 0.29) is 45.4 Å². The molecule has 0 saturated carbocycles. The molecule has 1 spiro atoms. The lowest BCUT2D eigenvalue weighted by Crippen LogP contribution is -2.51. The fourth-order valence-electron chi connectivity index (χ4n) is 10.6. The van der Waals surface area contributed by atoms with E-state index >= 15 is 0 Å². The molecule has 1 aliphatic carbocycles. The van der Waals surface area contributed by atoms with Crippen LogP contribution in [0.1, 0.15) is 106 Å². The summed E-state index contributed by atoms with van der Waals surface area (Å²) >= 11 is 2.43. The Bertz CT molecular complexity index is 2370. The highest BCUT2D eigenvalue weighted by Crippen LogP contribution is 2.50. The van der Waals surface area contributed by atoms with Crippen molar-refractivity contribution < 1.29 is 53.4 Å². The number of ketones is 2. The van der Waals surface area contributed by atoms with E-state index in [1.165, 1.54) is 20.3 Å². The number of aliphatic hydroxyl groups excluding tert-OH is 2. The summed E-state index contributed by atoms with van der Waals surface area (Å²) in [6.07, 6.45) is 5.12. The number of hydrogen-bond donors (Lipinski definition) is 5. The second-order valence-electron chi connectivity index (χ2n) is 20.6. The van der Waals surface area contributed by atoms with E-state index in [1.807, 2.05) is 46.0 Å². The summed E-state index contributed by atoms with van der Waals surface area (Å²) in [4.78, 5) is 68.4. The van der Waals surface area contributed by atoms with Gasteiger partial charge in [-0.25, -0.2) is 0 Å². The molecule has 70 heavy (non-hydrogen) atoms. The highest BCUT2D eigenvalue weighted by atomic mass is 127. The van der Waals surface area contributed by atoms with Crippen LogP contribution in [0.15, 0.2) is 52.5 Å². The zero-order valence-corrected chi connectivity index (χ0v) is 44.7. The molecule has 18 heteroatoms. The van der Waals surface area contributed by atoms with E-state index in [0.29, 0.717) is 54.4 Å². The van der Waals surface area contributed by atoms with Gasteiger partial charge in [0, 0.05) is 117 Å². The van der Waals surface area contributed by atoms with Gasteiger partial charge in [0.25, 0.3) is 5.78 Å². The number of alkyl halides is 1. The predicted molar refractivity (Wildman–Crippen MR) is 273 cm³/mol. The summed E-state index contributed by atoms with van der Waals surface area (Å²) in [5.41, 5.74) is 1.52. The number of piperidine rings is 1. The first-order valence-corrected chi connectivity index (χ1v) is 25.9. The lowest BCUT2D eigenvalue weighted by atomic mass is 9.78. The van der Waals surface area contributed by atoms with Crippen molar-refractivity contribution >= 4 is 51.7 Å². The number of piperazine rings is 1. The predicted octanol–water partition coefficient (Wildman–Crippen LogP) is 4.79. The van der Waals surface area contributed by atoms with Crippen molar-refractivity contribution in [2.24, 2.45) is 28.7 Å². The molecule has 8 rings (SSSR count). The van der Waals surface area contributed by atoms with Crippen LogP contribution in [0.5, 0.6) is 11.5 Å². The number of benzene rings is 1. The van der Waals surface area contributed by atoms with Crippen LogP contribution in [0.2, 0.25) is 0 Å². The van der Waals surface area contributed by atoms with Gasteiger partial charge in [0.15, 0.2) is 0 Å². The Morgan fingerprint density at radius 1 is 0.943 bits per heavy atom. The Morgan fingerprint density at radius 3 is 2.26 bits per heavy atom. The van der Waals surface area contributed by atoms with Gasteiger partial charge >= 0.3 is 11.8 Å². The number of nitrogens with one attached hydrogen (secondary N) is 2. The minimum Gasteiger partial charge on any atom is -0.507 e. The highest BCUT2D eigenvalue weighted by Gasteiger charge is 2.54. The monoisotopic (exact) mass is 1080 g/mol. The van der Waals surface area contributed by atoms with Crippen molar-refractivity contribution in [1.82, 2.24) is 25.3 Å². The molecule has 2 unspecified atom stereocenters. The second kappa shape index (κ2) is 21.4. The van der Waals surface area contributed by atoms with Crippen LogP contribution in [0.25, 0.3) is 0 Å². The van der Waals surface area contributed by atoms with Gasteiger partial charge in [-0.2, -0.15) is 0 Å². The first-order chi connectivity index (χ1) is 33.0. The van der Waals surface area contributed by atoms with Gasteiger partial charge in [0.1, 0.15) is 35.4 Å². The SMILES string of the molecule is CO[C@H]1/C=C/O[C@@]2(C)Oc3c(C)c(O)c4c(c3C2=O)C2=NC3(CCN(CC(C)I)CC3)NC2=C(NC(C)/C(C)=C\C=C\[C@H](C)[C@H](O)[C@@H](C)[C@@H](O)[C@@H](C)[C@H](OC(=O)CC(=O)N2CCN(C)CC2)[C@@H]1C)C4=O. The maximum atomic E-state index is 15.0. The molecule has 1 aromatic rings. The number of carbonyl (C=O) groups excluding carboxylic acids is 4. The van der Waals surface area contributed by atoms with E-state index in [9.17, 15) is 34.5 Å². The normalized spacial score (nSPS) is 34.0. The molecular weight excluding hydrogens is 1010 g/mol. The summed E-state index contributed by atoms with van der Waals surface area (Å²) in [5, 5.41) is 42.7. The molecule has 1 amide bonds. The van der Waals surface area contributed by atoms with Crippen LogP contribution >= 0.6 is 22.6 Å². The van der Waals surface area contributed by atoms with Gasteiger partial charge in [-0.3, -0.25) is 24.2 Å². The van der Waals surface area contributed by atoms with Gasteiger partial charge in [-0.15, -0.1) is 0 Å². The minimum absolute atomic E-state index is 0.0523. The summed E-state index contributed by atoms with van der Waals surface area (Å²) < 4.78 is 25.1. The molecular formula is C52H73IN6O11. The maximum absolute atomic E-state index is 15.0. The van der Waals surface area contributed by atoms with E-state index in [2.05, 4.69) is 49.9 Å². The van der Waals surface area contributed by atoms with E-state index in [1.54, 1.807) is 38.7 Å². The third-order valence-corrected chi connectivity index (χ3v) is 15.8. The number of likely N-dealkylation sites (N-methyl/N-ethyl adjacent to an activating group) is 1. The molecule has 7 aliphatic rings. The van der Waals surface area contributed by atoms with Crippen molar-refractivity contribution in [3.8, 4) is 11.5 Å². The zero-order valence-electron chi connectivity index (χ0n) is 42.5. The van der Waals surface area contributed by atoms with Crippen LogP contribution in [-0.4, -0.2) is 165 Å². The third kappa shape index (κ3) is 10.6. The van der Waals surface area contributed by atoms with Crippen LogP contribution in [0.3, 0.4) is 0 Å². The number of fused-ring (bicyclic) bond motifs is 13. The Hall–Kier alpha value is -4.34. The quantitative estimate of drug-likeness (QED) is 0.112. The number of phenolic OH excluding ortho intramolecular Hbond substituents is 1. The maximum Gasteiger partial charge on any atom is 0.315 e. The summed E-state index contributed by atoms with van der Waals surface area (Å²) in [6, 6.07) is -0.405. The number of methoxy groups -OCH3 is 1. The Labute approximate surface area is 425 Å². The number of aromatic hydroxyl groups is 1. The number of carbonyl (C=O) groups is 4. The number of hydrogen-bond acceptors (Lipinski definition) is 16. The van der Waals surface area contributed by atoms with Gasteiger partial charge < -0.3 is 59.6 Å². The van der Waals surface area contributed by atoms with Crippen LogP contribution in [-0.2, 0) is 23.8 Å². The summed E-state index contributed by atoms with van der Waals surface area (Å²) in [5.74, 6) is -7.00. The van der Waals surface area contributed by atoms with Crippen LogP contribution < -0.4 is 15.4 Å². The highest BCUT2D eigenvalue weighted by molar-refractivity contribution is 14.1. The molecule has 0 radical (unpaired) electrons. The Kier molecular flexibility index (Phi) is 16.3. The fraction of sp³-hybridized carbons (Fsp3) is 0.635. The molecule has 5 bridgehead atoms. The van der Waals surface area contributed by atoms with Crippen LogP contribution in [0, 0.1) is 30.6 Å². The first-order valence-electron chi connectivity index (χ1n) is 24.7. The first kappa shape index (κ1) is 53.5. The average molecular weight is 1090 g/mol. The van der Waals surface area contributed by atoms with Crippen molar-refractivity contribution in [3.63, 3.8) is 0 Å². The van der Waals surface area contributed by atoms with Crippen LogP contribution in [0.4, 0.5) is 0 Å². The van der Waals surface area contributed by atoms with E-state index < -0.39 is 89.5 Å². The number of rotatable bonds is 6. The molecule has 384 valence electrons. The number of halogens is 1. The van der Waals surface area contributed by atoms with Crippen molar-refractivity contribution in [2.75, 3.05) is 60.0 Å². The lowest BCUT2D eigenvalue weighted by Gasteiger charge is -2.38. The molecule has 2 fully saturated rings. The topological polar surface area (TPSA) is 212 Å². The molecule has 5 N–H and O–H groups in total. The molecule has 2 saturated heterocycles. The van der Waals surface area contributed by atoms with Crippen molar-refractivity contribution in [3.05, 3.63) is 69.8 Å². The van der Waals surface area contributed by atoms with Crippen molar-refractivity contribution in [2.45, 2.75) is 127 Å². The lowest BCUT2D eigenvalue weighted by molar-refractivity contribution is -0.165. The summed E-state index contributed by atoms with van der Waals surface area (Å²) in [6.45, 7) is 21.0. The molecule has 0 aromatic heterocycles. The van der Waals surface area contributed by atoms with E-state index in [4.69, 9.17) is 23.9 Å². The molecule has 1 aromatic carbocycles. The number of ether oxygens (including phenoxy) is 4. The Morgan fingerprint density at radius 2 is 1.61 bits per heavy atom. The zero-order chi connectivity index (χ0) is 51.1. The number of Topliss-reactive ketones (excluding diaryl/α,β-unsaturated/α-hetero) is 2. The number of aliphatic imine (C=N–C) groups is 1. The average Bonchev–Trinajstić information content (AvgIpc) is 3.82. The largest absolute Gasteiger partial charge is 0.507 e. The molecule has 6 heterocycles. The standard InChI is InChI=1S/C52H73IN6O11/c1-27-13-12-14-28(2)44(62)31(5)45(63)32(6)48(69-37(61)25-36(60)59-22-20-57(10)21-23-59)30(4)35(67-11)15-24-68-51(9)50(66)40-38-39(46(64)33(7)49(40)70-51)47(65)43(54-34(27)8)42-41(38)55-52(56-42)16-18-58(19-17-52)26-29(3)53/h12-15,24,28-32,34-35,44-45,48,54,56,62-64H,16-23,25-26H2,1-11H3/b14-12+,24-15+,27-13-/t28-,29?,30+,31+,32+,34?,35-,44-,45+,48+,51-/m0/s1. The molecule has 17 nitrogen and oxygen atoms in total. The van der Waals surface area contributed by atoms with Gasteiger partial charge in [0.05, 0.1) is 47.1 Å². The second-order valence-corrected chi connectivity index (χ2v) is 22.7. The fourth-order valence-corrected chi connectivity index (χ4v) is 11.2. The number of aliphatic hydroxyl groups is 2. The molecule has 11 atom stereocenters. The van der Waals surface area contributed by atoms with Gasteiger partial charge in [-0.05, 0) is 33.9 Å². The number of likely N-dealkylation sites (tertiary alicyclic amines) is 1. The number of allylic oxidation sites excluding steroid dienone is 4. The third-order valence-electron chi connectivity index (χ3n) is 15.4. The molecule has 6 aliphatic heterocycles. The van der Waals surface area contributed by atoms with Gasteiger partial charge in [-0.1, -0.05) is 81.0 Å². The number of nitrogens with zero attached hydrogens (tertiary/aromatic N) is 4. The van der Waals surface area contributed by atoms with E-state index in [0.717, 1.165) is 25.2 Å². The van der Waals surface area contributed by atoms with Crippen molar-refractivity contribution in [1.29, 1.82) is 0 Å².